The first kappa shape index (κ1) is 20.7. The van der Waals surface area contributed by atoms with Gasteiger partial charge in [0.25, 0.3) is 0 Å². The minimum Gasteiger partial charge on any atom is -0.497 e. The number of hydrogen-bond acceptors (Lipinski definition) is 4. The Morgan fingerprint density at radius 1 is 0.931 bits per heavy atom. The van der Waals surface area contributed by atoms with Crippen molar-refractivity contribution < 1.29 is 14.3 Å². The molecular formula is C23H29N3O3. The summed E-state index contributed by atoms with van der Waals surface area (Å²) < 4.78 is 5.20. The first-order valence-electron chi connectivity index (χ1n) is 10.2. The number of nitrogens with one attached hydrogen (secondary N) is 1. The Balaban J connectivity index is 1.61. The van der Waals surface area contributed by atoms with Gasteiger partial charge in [-0.05, 0) is 48.2 Å². The molecule has 2 aromatic carbocycles. The van der Waals surface area contributed by atoms with Gasteiger partial charge in [-0.25, -0.2) is 0 Å². The number of hydrogen-bond donors (Lipinski definition) is 1. The highest BCUT2D eigenvalue weighted by atomic mass is 16.5. The van der Waals surface area contributed by atoms with E-state index in [4.69, 9.17) is 4.74 Å². The lowest BCUT2D eigenvalue weighted by Gasteiger charge is -2.35. The number of carbonyl (C=O) groups is 2. The van der Waals surface area contributed by atoms with Gasteiger partial charge in [-0.2, -0.15) is 0 Å². The molecule has 1 fully saturated rings. The molecule has 1 saturated heterocycles. The zero-order valence-corrected chi connectivity index (χ0v) is 17.4. The maximum absolute atomic E-state index is 12.7. The molecule has 0 saturated carbocycles. The number of ether oxygens (including phenoxy) is 1. The summed E-state index contributed by atoms with van der Waals surface area (Å²) in [4.78, 5) is 29.2. The molecule has 2 aromatic rings. The van der Waals surface area contributed by atoms with Crippen LogP contribution in [0.5, 0.6) is 5.75 Å². The van der Waals surface area contributed by atoms with Crippen LogP contribution in [-0.4, -0.2) is 50.0 Å². The summed E-state index contributed by atoms with van der Waals surface area (Å²) in [6.45, 7) is 6.52. The van der Waals surface area contributed by atoms with E-state index < -0.39 is 11.8 Å². The first-order valence-corrected chi connectivity index (χ1v) is 10.2. The van der Waals surface area contributed by atoms with Crippen LogP contribution in [0.3, 0.4) is 0 Å². The lowest BCUT2D eigenvalue weighted by atomic mass is 10.0. The second-order valence-corrected chi connectivity index (χ2v) is 7.09. The van der Waals surface area contributed by atoms with Crippen molar-refractivity contribution in [1.29, 1.82) is 0 Å². The Morgan fingerprint density at radius 3 is 2.03 bits per heavy atom. The summed E-state index contributed by atoms with van der Waals surface area (Å²) in [5.41, 5.74) is 3.98. The molecule has 3 rings (SSSR count). The predicted octanol–water partition coefficient (Wildman–Crippen LogP) is 3.11. The van der Waals surface area contributed by atoms with Crippen LogP contribution in [0.2, 0.25) is 0 Å². The van der Waals surface area contributed by atoms with Gasteiger partial charge in [0.05, 0.1) is 7.11 Å². The molecule has 29 heavy (non-hydrogen) atoms. The molecule has 0 aromatic heterocycles. The summed E-state index contributed by atoms with van der Waals surface area (Å²) >= 11 is 0. The monoisotopic (exact) mass is 395 g/mol. The van der Waals surface area contributed by atoms with Gasteiger partial charge < -0.3 is 19.9 Å². The molecular weight excluding hydrogens is 366 g/mol. The largest absolute Gasteiger partial charge is 0.497 e. The average Bonchev–Trinajstić information content (AvgIpc) is 2.78. The number of anilines is 2. The number of piperazine rings is 1. The van der Waals surface area contributed by atoms with Gasteiger partial charge in [0.1, 0.15) is 5.75 Å². The topological polar surface area (TPSA) is 61.9 Å². The van der Waals surface area contributed by atoms with Crippen LogP contribution < -0.4 is 15.0 Å². The van der Waals surface area contributed by atoms with Gasteiger partial charge in [-0.1, -0.05) is 32.0 Å². The average molecular weight is 396 g/mol. The number of carbonyl (C=O) groups excluding carboxylic acids is 2. The standard InChI is InChI=1S/C23H29N3O3/c1-4-17-7-6-8-18(5-2)21(17)24-22(27)23(28)26-15-13-25(14-16-26)19-9-11-20(29-3)12-10-19/h6-12H,4-5,13-16H2,1-3H3,(H,24,27). The van der Waals surface area contributed by atoms with Crippen molar-refractivity contribution in [2.45, 2.75) is 26.7 Å². The summed E-state index contributed by atoms with van der Waals surface area (Å²) in [6.07, 6.45) is 1.61. The van der Waals surface area contributed by atoms with E-state index >= 15 is 0 Å². The third kappa shape index (κ3) is 4.70. The Labute approximate surface area is 172 Å². The third-order valence-corrected chi connectivity index (χ3v) is 5.44. The fourth-order valence-electron chi connectivity index (χ4n) is 3.67. The number of benzene rings is 2. The normalized spacial score (nSPS) is 13.9. The van der Waals surface area contributed by atoms with Crippen molar-refractivity contribution in [3.8, 4) is 5.75 Å². The van der Waals surface area contributed by atoms with Crippen LogP contribution in [0.4, 0.5) is 11.4 Å². The molecule has 0 spiro atoms. The Bertz CT molecular complexity index is 834. The lowest BCUT2D eigenvalue weighted by molar-refractivity contribution is -0.143. The zero-order chi connectivity index (χ0) is 20.8. The predicted molar refractivity (Wildman–Crippen MR) is 116 cm³/mol. The smallest absolute Gasteiger partial charge is 0.313 e. The second kappa shape index (κ2) is 9.45. The van der Waals surface area contributed by atoms with Crippen LogP contribution >= 0.6 is 0 Å². The van der Waals surface area contributed by atoms with Crippen LogP contribution in [0.25, 0.3) is 0 Å². The van der Waals surface area contributed by atoms with Crippen molar-refractivity contribution in [2.75, 3.05) is 43.5 Å². The van der Waals surface area contributed by atoms with Crippen LogP contribution in [0, 0.1) is 0 Å². The SMILES string of the molecule is CCc1cccc(CC)c1NC(=O)C(=O)N1CCN(c2ccc(OC)cc2)CC1. The van der Waals surface area contributed by atoms with E-state index in [1.807, 2.05) is 56.3 Å². The summed E-state index contributed by atoms with van der Waals surface area (Å²) in [7, 11) is 1.65. The Morgan fingerprint density at radius 2 is 1.52 bits per heavy atom. The zero-order valence-electron chi connectivity index (χ0n) is 17.4. The van der Waals surface area contributed by atoms with Crippen LogP contribution in [0.1, 0.15) is 25.0 Å². The van der Waals surface area contributed by atoms with Gasteiger partial charge in [-0.15, -0.1) is 0 Å². The van der Waals surface area contributed by atoms with Crippen molar-refractivity contribution in [3.05, 3.63) is 53.6 Å². The van der Waals surface area contributed by atoms with Gasteiger partial charge >= 0.3 is 11.8 Å². The van der Waals surface area contributed by atoms with E-state index in [1.54, 1.807) is 12.0 Å². The van der Waals surface area contributed by atoms with Crippen molar-refractivity contribution in [3.63, 3.8) is 0 Å². The number of rotatable bonds is 5. The number of para-hydroxylation sites is 1. The van der Waals surface area contributed by atoms with Gasteiger partial charge in [0.15, 0.2) is 0 Å². The van der Waals surface area contributed by atoms with Crippen LogP contribution in [0.15, 0.2) is 42.5 Å². The number of aryl methyl sites for hydroxylation is 2. The number of amides is 2. The Kier molecular flexibility index (Phi) is 6.75. The quantitative estimate of drug-likeness (QED) is 0.791. The number of nitrogens with zero attached hydrogens (tertiary/aromatic N) is 2. The van der Waals surface area contributed by atoms with Crippen molar-refractivity contribution in [2.24, 2.45) is 0 Å². The van der Waals surface area contributed by atoms with Crippen molar-refractivity contribution >= 4 is 23.2 Å². The molecule has 1 N–H and O–H groups in total. The molecule has 154 valence electrons. The molecule has 0 unspecified atom stereocenters. The summed E-state index contributed by atoms with van der Waals surface area (Å²) in [5.74, 6) is -0.205. The highest BCUT2D eigenvalue weighted by Crippen LogP contribution is 2.23. The van der Waals surface area contributed by atoms with E-state index in [0.29, 0.717) is 26.2 Å². The van der Waals surface area contributed by atoms with Gasteiger partial charge in [-0.3, -0.25) is 9.59 Å². The molecule has 0 bridgehead atoms. The van der Waals surface area contributed by atoms with E-state index in [2.05, 4.69) is 10.2 Å². The summed E-state index contributed by atoms with van der Waals surface area (Å²) in [5, 5.41) is 2.88. The van der Waals surface area contributed by atoms with Crippen LogP contribution in [-0.2, 0) is 22.4 Å². The van der Waals surface area contributed by atoms with E-state index in [9.17, 15) is 9.59 Å². The minimum absolute atomic E-state index is 0.465. The lowest BCUT2D eigenvalue weighted by Crippen LogP contribution is -2.51. The molecule has 0 aliphatic carbocycles. The molecule has 6 nitrogen and oxygen atoms in total. The van der Waals surface area contributed by atoms with E-state index in [0.717, 1.165) is 41.1 Å². The third-order valence-electron chi connectivity index (χ3n) is 5.44. The van der Waals surface area contributed by atoms with Crippen molar-refractivity contribution in [1.82, 2.24) is 4.90 Å². The molecule has 0 radical (unpaired) electrons. The maximum atomic E-state index is 12.7. The second-order valence-electron chi connectivity index (χ2n) is 7.09. The highest BCUT2D eigenvalue weighted by molar-refractivity contribution is 6.39. The number of methoxy groups -OCH3 is 1. The Hall–Kier alpha value is -3.02. The molecule has 1 aliphatic heterocycles. The molecule has 2 amide bonds. The van der Waals surface area contributed by atoms with Gasteiger partial charge in [0, 0.05) is 37.6 Å². The molecule has 0 atom stereocenters. The highest BCUT2D eigenvalue weighted by Gasteiger charge is 2.27. The first-order chi connectivity index (χ1) is 14.1. The van der Waals surface area contributed by atoms with E-state index in [1.165, 1.54) is 0 Å². The van der Waals surface area contributed by atoms with Gasteiger partial charge in [0.2, 0.25) is 0 Å². The fourth-order valence-corrected chi connectivity index (χ4v) is 3.67. The fraction of sp³-hybridized carbons (Fsp3) is 0.391. The molecule has 1 aliphatic rings. The molecule has 1 heterocycles. The van der Waals surface area contributed by atoms with E-state index in [-0.39, 0.29) is 0 Å². The molecule has 6 heteroatoms. The summed E-state index contributed by atoms with van der Waals surface area (Å²) in [6, 6.07) is 13.9. The minimum atomic E-state index is -0.557. The maximum Gasteiger partial charge on any atom is 0.313 e.